The van der Waals surface area contributed by atoms with Crippen LogP contribution in [0.3, 0.4) is 0 Å². The van der Waals surface area contributed by atoms with Gasteiger partial charge in [0.1, 0.15) is 28.9 Å². The van der Waals surface area contributed by atoms with Crippen LogP contribution in [0, 0.1) is 12.7 Å². The molecule has 11 heteroatoms. The number of halogens is 1. The van der Waals surface area contributed by atoms with E-state index in [-0.39, 0.29) is 29.6 Å². The summed E-state index contributed by atoms with van der Waals surface area (Å²) in [6.45, 7) is 5.37. The molecule has 2 bridgehead atoms. The molecule has 0 aliphatic carbocycles. The molecule has 0 spiro atoms. The molecule has 2 unspecified atom stereocenters. The van der Waals surface area contributed by atoms with Crippen LogP contribution >= 0.6 is 0 Å². The monoisotopic (exact) mass is 578 g/mol. The maximum Gasteiger partial charge on any atom is 0.246 e. The molecule has 7 rings (SSSR count). The summed E-state index contributed by atoms with van der Waals surface area (Å²) in [4.78, 5) is 28.4. The zero-order valence-corrected chi connectivity index (χ0v) is 24.0. The number of hydrogen-bond donors (Lipinski definition) is 1. The standard InChI is InChI=1S/C32H31FN8O2/c1-4-29(42)41-20-6-5-7-21(41)15-19(14-20)23-9-10-25-31(36-23)32(35-17-34-25)37-24-11-13-28(18(2)30(24)33)43-22-8-12-27-26(16-22)38-39-40(27)3/h4,8-13,16-17,19-21H,1,5-7,14-15H2,2-3H3,(H,34,35,37). The van der Waals surface area contributed by atoms with Gasteiger partial charge in [0.15, 0.2) is 11.6 Å². The van der Waals surface area contributed by atoms with Crippen molar-refractivity contribution in [2.75, 3.05) is 5.32 Å². The number of benzene rings is 2. The van der Waals surface area contributed by atoms with E-state index < -0.39 is 5.82 Å². The van der Waals surface area contributed by atoms with E-state index in [0.717, 1.165) is 43.3 Å². The minimum Gasteiger partial charge on any atom is -0.457 e. The van der Waals surface area contributed by atoms with Crippen LogP contribution in [0.4, 0.5) is 15.9 Å². The largest absolute Gasteiger partial charge is 0.457 e. The number of aromatic nitrogens is 6. The third-order valence-electron chi connectivity index (χ3n) is 8.73. The van der Waals surface area contributed by atoms with Gasteiger partial charge in [-0.15, -0.1) is 5.10 Å². The van der Waals surface area contributed by atoms with Crippen LogP contribution in [-0.2, 0) is 11.8 Å². The number of amides is 1. The number of fused-ring (bicyclic) bond motifs is 4. The molecular weight excluding hydrogens is 547 g/mol. The van der Waals surface area contributed by atoms with Crippen molar-refractivity contribution in [3.05, 3.63) is 78.5 Å². The molecule has 3 aromatic heterocycles. The molecule has 1 amide bonds. The number of nitrogens with one attached hydrogen (secondary N) is 1. The van der Waals surface area contributed by atoms with Crippen molar-refractivity contribution in [1.29, 1.82) is 0 Å². The number of carbonyl (C=O) groups excluding carboxylic acids is 1. The summed E-state index contributed by atoms with van der Waals surface area (Å²) in [6.07, 6.45) is 7.68. The lowest BCUT2D eigenvalue weighted by atomic mass is 9.77. The summed E-state index contributed by atoms with van der Waals surface area (Å²) < 4.78 is 23.4. The van der Waals surface area contributed by atoms with E-state index in [1.54, 1.807) is 35.9 Å². The Morgan fingerprint density at radius 1 is 1.09 bits per heavy atom. The zero-order valence-electron chi connectivity index (χ0n) is 24.0. The molecule has 2 aliphatic rings. The van der Waals surface area contributed by atoms with E-state index >= 15 is 4.39 Å². The summed E-state index contributed by atoms with van der Waals surface area (Å²) in [6, 6.07) is 13.1. The van der Waals surface area contributed by atoms with Crippen LogP contribution in [0.15, 0.2) is 61.4 Å². The van der Waals surface area contributed by atoms with E-state index in [4.69, 9.17) is 9.72 Å². The Labute approximate surface area is 247 Å². The lowest BCUT2D eigenvalue weighted by molar-refractivity contribution is -0.135. The van der Waals surface area contributed by atoms with Gasteiger partial charge in [-0.05, 0) is 81.5 Å². The van der Waals surface area contributed by atoms with Gasteiger partial charge >= 0.3 is 0 Å². The lowest BCUT2D eigenvalue weighted by Gasteiger charge is -2.48. The highest BCUT2D eigenvalue weighted by atomic mass is 19.1. The number of hydrogen-bond acceptors (Lipinski definition) is 8. The van der Waals surface area contributed by atoms with Gasteiger partial charge in [0, 0.05) is 42.4 Å². The predicted molar refractivity (Wildman–Crippen MR) is 161 cm³/mol. The highest BCUT2D eigenvalue weighted by molar-refractivity contribution is 5.88. The Morgan fingerprint density at radius 3 is 2.70 bits per heavy atom. The van der Waals surface area contributed by atoms with Crippen LogP contribution in [0.25, 0.3) is 22.1 Å². The second kappa shape index (κ2) is 10.7. The van der Waals surface area contributed by atoms with Gasteiger partial charge < -0.3 is 15.0 Å². The first kappa shape index (κ1) is 26.9. The molecule has 2 aromatic carbocycles. The van der Waals surface area contributed by atoms with Crippen molar-refractivity contribution in [3.8, 4) is 11.5 Å². The van der Waals surface area contributed by atoms with E-state index in [1.165, 1.54) is 12.4 Å². The first-order valence-electron chi connectivity index (χ1n) is 14.5. The van der Waals surface area contributed by atoms with Gasteiger partial charge in [-0.1, -0.05) is 11.8 Å². The van der Waals surface area contributed by atoms with Gasteiger partial charge in [0.25, 0.3) is 0 Å². The number of aryl methyl sites for hydroxylation is 1. The maximum absolute atomic E-state index is 15.7. The van der Waals surface area contributed by atoms with E-state index in [0.29, 0.717) is 39.4 Å². The Morgan fingerprint density at radius 2 is 1.91 bits per heavy atom. The normalized spacial score (nSPS) is 19.9. The van der Waals surface area contributed by atoms with Gasteiger partial charge in [0.05, 0.1) is 16.7 Å². The number of pyridine rings is 1. The summed E-state index contributed by atoms with van der Waals surface area (Å²) >= 11 is 0. The van der Waals surface area contributed by atoms with Crippen molar-refractivity contribution in [3.63, 3.8) is 0 Å². The highest BCUT2D eigenvalue weighted by Crippen LogP contribution is 2.42. The van der Waals surface area contributed by atoms with Crippen molar-refractivity contribution < 1.29 is 13.9 Å². The molecule has 2 aliphatic heterocycles. The van der Waals surface area contributed by atoms with Crippen molar-refractivity contribution in [1.82, 2.24) is 34.8 Å². The van der Waals surface area contributed by atoms with Crippen LogP contribution in [-0.4, -0.2) is 52.8 Å². The average molecular weight is 579 g/mol. The Hall–Kier alpha value is -4.93. The van der Waals surface area contributed by atoms with E-state index in [9.17, 15) is 4.79 Å². The lowest BCUT2D eigenvalue weighted by Crippen LogP contribution is -2.53. The van der Waals surface area contributed by atoms with Crippen molar-refractivity contribution in [2.24, 2.45) is 7.05 Å². The Balaban J connectivity index is 1.15. The summed E-state index contributed by atoms with van der Waals surface area (Å²) in [5.41, 5.74) is 4.35. The van der Waals surface area contributed by atoms with E-state index in [1.807, 2.05) is 30.1 Å². The molecular formula is C32H31FN8O2. The molecule has 43 heavy (non-hydrogen) atoms. The van der Waals surface area contributed by atoms with Crippen LogP contribution in [0.1, 0.15) is 49.3 Å². The SMILES string of the molecule is C=CC(=O)N1C2CCCC1CC(c1ccc3ncnc(Nc4ccc(Oc5ccc6c(c5)nnn6C)c(C)c4F)c3n1)C2. The third-order valence-corrected chi connectivity index (χ3v) is 8.73. The fraction of sp³-hybridized carbons (Fsp3) is 0.312. The molecule has 10 nitrogen and oxygen atoms in total. The zero-order chi connectivity index (χ0) is 29.7. The Kier molecular flexibility index (Phi) is 6.72. The third kappa shape index (κ3) is 4.84. The first-order chi connectivity index (χ1) is 20.9. The van der Waals surface area contributed by atoms with Crippen LogP contribution < -0.4 is 10.1 Å². The average Bonchev–Trinajstić information content (AvgIpc) is 3.39. The fourth-order valence-electron chi connectivity index (χ4n) is 6.58. The summed E-state index contributed by atoms with van der Waals surface area (Å²) in [5, 5.41) is 11.3. The molecule has 1 N–H and O–H groups in total. The highest BCUT2D eigenvalue weighted by Gasteiger charge is 2.40. The first-order valence-corrected chi connectivity index (χ1v) is 14.5. The quantitative estimate of drug-likeness (QED) is 0.241. The van der Waals surface area contributed by atoms with Crippen molar-refractivity contribution in [2.45, 2.75) is 57.0 Å². The second-order valence-electron chi connectivity index (χ2n) is 11.3. The minimum absolute atomic E-state index is 0.0137. The van der Waals surface area contributed by atoms with Gasteiger partial charge in [-0.2, -0.15) is 0 Å². The molecule has 0 radical (unpaired) electrons. The summed E-state index contributed by atoms with van der Waals surface area (Å²) in [7, 11) is 1.82. The van der Waals surface area contributed by atoms with E-state index in [2.05, 4.69) is 32.2 Å². The number of piperidine rings is 2. The minimum atomic E-state index is -0.451. The van der Waals surface area contributed by atoms with Crippen LogP contribution in [0.5, 0.6) is 11.5 Å². The van der Waals surface area contributed by atoms with Crippen molar-refractivity contribution >= 4 is 39.5 Å². The molecule has 2 atom stereocenters. The molecule has 2 saturated heterocycles. The number of carbonyl (C=O) groups is 1. The molecule has 5 aromatic rings. The summed E-state index contributed by atoms with van der Waals surface area (Å²) in [5.74, 6) is 1.13. The predicted octanol–water partition coefficient (Wildman–Crippen LogP) is 6.10. The number of rotatable bonds is 6. The maximum atomic E-state index is 15.7. The molecule has 0 saturated carbocycles. The second-order valence-corrected chi connectivity index (χ2v) is 11.3. The molecule has 2 fully saturated rings. The topological polar surface area (TPSA) is 111 Å². The molecule has 5 heterocycles. The Bertz CT molecular complexity index is 1870. The van der Waals surface area contributed by atoms with Gasteiger partial charge in [-0.3, -0.25) is 4.79 Å². The van der Waals surface area contributed by atoms with Gasteiger partial charge in [-0.25, -0.2) is 24.0 Å². The molecule has 218 valence electrons. The van der Waals surface area contributed by atoms with Crippen LogP contribution in [0.2, 0.25) is 0 Å². The van der Waals surface area contributed by atoms with Gasteiger partial charge in [0.2, 0.25) is 5.91 Å². The number of anilines is 2. The number of ether oxygens (including phenoxy) is 1. The fourth-order valence-corrected chi connectivity index (χ4v) is 6.58. The smallest absolute Gasteiger partial charge is 0.246 e. The number of nitrogens with zero attached hydrogens (tertiary/aromatic N) is 7.